The quantitative estimate of drug-likeness (QED) is 0.840. The average molecular weight is 304 g/mol. The molecule has 0 aliphatic rings. The van der Waals surface area contributed by atoms with Gasteiger partial charge in [-0.25, -0.2) is 4.98 Å². The van der Waals surface area contributed by atoms with E-state index in [1.165, 1.54) is 0 Å². The lowest BCUT2D eigenvalue weighted by atomic mass is 10.2. The number of hydrogen-bond acceptors (Lipinski definition) is 6. The summed E-state index contributed by atoms with van der Waals surface area (Å²) >= 11 is 0. The third-order valence-electron chi connectivity index (χ3n) is 3.09. The maximum atomic E-state index is 11.0. The Labute approximate surface area is 129 Å². The van der Waals surface area contributed by atoms with Gasteiger partial charge in [-0.2, -0.15) is 4.98 Å². The highest BCUT2D eigenvalue weighted by atomic mass is 16.5. The predicted molar refractivity (Wildman–Crippen MR) is 81.8 cm³/mol. The van der Waals surface area contributed by atoms with Gasteiger partial charge in [-0.15, -0.1) is 0 Å². The molecule has 0 amide bonds. The lowest BCUT2D eigenvalue weighted by Crippen LogP contribution is -2.31. The van der Waals surface area contributed by atoms with Crippen molar-refractivity contribution in [1.82, 2.24) is 15.1 Å². The van der Waals surface area contributed by atoms with Gasteiger partial charge in [-0.1, -0.05) is 25.9 Å². The second-order valence-electron chi connectivity index (χ2n) is 5.33. The minimum atomic E-state index is -0.888. The molecular formula is C15H20N4O3. The third kappa shape index (κ3) is 3.81. The van der Waals surface area contributed by atoms with Gasteiger partial charge in [0.05, 0.1) is 0 Å². The number of pyridine rings is 1. The summed E-state index contributed by atoms with van der Waals surface area (Å²) in [6, 6.07) is 3.54. The Hall–Kier alpha value is -2.44. The molecule has 0 unspecified atom stereocenters. The second kappa shape index (κ2) is 7.02. The van der Waals surface area contributed by atoms with Gasteiger partial charge in [0.15, 0.2) is 5.82 Å². The van der Waals surface area contributed by atoms with Crippen molar-refractivity contribution < 1.29 is 14.4 Å². The molecule has 7 nitrogen and oxygen atoms in total. The van der Waals surface area contributed by atoms with Gasteiger partial charge in [0, 0.05) is 24.2 Å². The van der Waals surface area contributed by atoms with Crippen molar-refractivity contribution in [2.75, 3.05) is 18.0 Å². The molecule has 0 radical (unpaired) electrons. The lowest BCUT2D eigenvalue weighted by Gasteiger charge is -2.21. The van der Waals surface area contributed by atoms with Crippen LogP contribution >= 0.6 is 0 Å². The molecule has 0 aliphatic heterocycles. The van der Waals surface area contributed by atoms with Gasteiger partial charge in [0.2, 0.25) is 0 Å². The molecule has 0 aliphatic carbocycles. The predicted octanol–water partition coefficient (Wildman–Crippen LogP) is 2.56. The number of anilines is 1. The Morgan fingerprint density at radius 1 is 1.45 bits per heavy atom. The zero-order chi connectivity index (χ0) is 16.1. The summed E-state index contributed by atoms with van der Waals surface area (Å²) in [5.74, 6) is 0.942. The summed E-state index contributed by atoms with van der Waals surface area (Å²) in [5.41, 5.74) is 0.732. The van der Waals surface area contributed by atoms with E-state index >= 15 is 0 Å². The molecule has 0 saturated heterocycles. The van der Waals surface area contributed by atoms with E-state index in [9.17, 15) is 4.79 Å². The van der Waals surface area contributed by atoms with Crippen molar-refractivity contribution in [2.24, 2.45) is 0 Å². The van der Waals surface area contributed by atoms with Crippen LogP contribution in [0.25, 0.3) is 11.5 Å². The van der Waals surface area contributed by atoms with E-state index in [0.29, 0.717) is 24.1 Å². The van der Waals surface area contributed by atoms with Crippen LogP contribution < -0.4 is 4.90 Å². The molecular weight excluding hydrogens is 284 g/mol. The van der Waals surface area contributed by atoms with Crippen LogP contribution in [0, 0.1) is 0 Å². The third-order valence-corrected chi connectivity index (χ3v) is 3.09. The van der Waals surface area contributed by atoms with E-state index in [4.69, 9.17) is 9.63 Å². The van der Waals surface area contributed by atoms with Crippen molar-refractivity contribution >= 4 is 11.8 Å². The highest BCUT2D eigenvalue weighted by molar-refractivity contribution is 5.73. The molecule has 2 aromatic heterocycles. The molecule has 1 N–H and O–H groups in total. The molecule has 0 saturated carbocycles. The minimum absolute atomic E-state index is 0.0919. The Kier molecular flexibility index (Phi) is 5.08. The van der Waals surface area contributed by atoms with Crippen LogP contribution in [0.4, 0.5) is 5.82 Å². The Bertz CT molecular complexity index is 639. The number of aliphatic carboxylic acids is 1. The largest absolute Gasteiger partial charge is 0.480 e. The number of aromatic nitrogens is 3. The van der Waals surface area contributed by atoms with Gasteiger partial charge in [0.1, 0.15) is 12.4 Å². The summed E-state index contributed by atoms with van der Waals surface area (Å²) in [4.78, 5) is 21.3. The smallest absolute Gasteiger partial charge is 0.323 e. The van der Waals surface area contributed by atoms with Crippen LogP contribution in [-0.2, 0) is 4.79 Å². The first-order chi connectivity index (χ1) is 10.5. The fourth-order valence-electron chi connectivity index (χ4n) is 2.02. The molecule has 2 rings (SSSR count). The maximum Gasteiger partial charge on any atom is 0.323 e. The highest BCUT2D eigenvalue weighted by Crippen LogP contribution is 2.23. The van der Waals surface area contributed by atoms with E-state index in [1.54, 1.807) is 23.2 Å². The summed E-state index contributed by atoms with van der Waals surface area (Å²) in [6.45, 7) is 6.49. The lowest BCUT2D eigenvalue weighted by molar-refractivity contribution is -0.135. The molecule has 118 valence electrons. The first-order valence-electron chi connectivity index (χ1n) is 7.28. The van der Waals surface area contributed by atoms with Crippen molar-refractivity contribution in [3.05, 3.63) is 24.2 Å². The van der Waals surface area contributed by atoms with Crippen molar-refractivity contribution in [1.29, 1.82) is 0 Å². The molecule has 0 atom stereocenters. The number of rotatable bonds is 7. The first kappa shape index (κ1) is 15.9. The molecule has 7 heteroatoms. The van der Waals surface area contributed by atoms with Crippen LogP contribution in [-0.4, -0.2) is 39.3 Å². The van der Waals surface area contributed by atoms with Crippen LogP contribution in [0.5, 0.6) is 0 Å². The van der Waals surface area contributed by atoms with Gasteiger partial charge in [-0.3, -0.25) is 4.79 Å². The van der Waals surface area contributed by atoms with Crippen molar-refractivity contribution in [3.63, 3.8) is 0 Å². The number of nitrogens with zero attached hydrogens (tertiary/aromatic N) is 4. The SMILES string of the molecule is CCCN(CC(=O)O)c1cc(-c2nc(C(C)C)no2)ccn1. The van der Waals surface area contributed by atoms with Gasteiger partial charge in [-0.05, 0) is 18.6 Å². The zero-order valence-electron chi connectivity index (χ0n) is 13.0. The van der Waals surface area contributed by atoms with Crippen molar-refractivity contribution in [2.45, 2.75) is 33.1 Å². The second-order valence-corrected chi connectivity index (χ2v) is 5.33. The summed E-state index contributed by atoms with van der Waals surface area (Å²) < 4.78 is 5.26. The monoisotopic (exact) mass is 304 g/mol. The van der Waals surface area contributed by atoms with Crippen LogP contribution in [0.15, 0.2) is 22.9 Å². The van der Waals surface area contributed by atoms with Gasteiger partial charge in [0.25, 0.3) is 5.89 Å². The van der Waals surface area contributed by atoms with Crippen LogP contribution in [0.1, 0.15) is 38.9 Å². The summed E-state index contributed by atoms with van der Waals surface area (Å²) in [7, 11) is 0. The molecule has 0 aromatic carbocycles. The molecule has 0 fully saturated rings. The molecule has 0 spiro atoms. The number of carboxylic acids is 1. The van der Waals surface area contributed by atoms with Gasteiger partial charge >= 0.3 is 5.97 Å². The van der Waals surface area contributed by atoms with Gasteiger partial charge < -0.3 is 14.5 Å². The summed E-state index contributed by atoms with van der Waals surface area (Å²) in [5, 5.41) is 12.9. The maximum absolute atomic E-state index is 11.0. The first-order valence-corrected chi connectivity index (χ1v) is 7.28. The number of carbonyl (C=O) groups is 1. The topological polar surface area (TPSA) is 92.4 Å². The number of hydrogen-bond donors (Lipinski definition) is 1. The normalized spacial score (nSPS) is 10.9. The van der Waals surface area contributed by atoms with E-state index in [2.05, 4.69) is 15.1 Å². The van der Waals surface area contributed by atoms with Crippen molar-refractivity contribution in [3.8, 4) is 11.5 Å². The van der Waals surface area contributed by atoms with E-state index in [1.807, 2.05) is 20.8 Å². The average Bonchev–Trinajstić information content (AvgIpc) is 2.96. The highest BCUT2D eigenvalue weighted by Gasteiger charge is 2.15. The Balaban J connectivity index is 2.29. The summed E-state index contributed by atoms with van der Waals surface area (Å²) in [6.07, 6.45) is 2.45. The molecule has 0 bridgehead atoms. The van der Waals surface area contributed by atoms with E-state index in [-0.39, 0.29) is 12.5 Å². The molecule has 2 aromatic rings. The number of carboxylic acid groups (broad SMARTS) is 1. The molecule has 22 heavy (non-hydrogen) atoms. The zero-order valence-corrected chi connectivity index (χ0v) is 13.0. The fraction of sp³-hybridized carbons (Fsp3) is 0.467. The standard InChI is InChI=1S/C15H20N4O3/c1-4-7-19(9-13(20)21)12-8-11(5-6-16-12)15-17-14(10(2)3)18-22-15/h5-6,8,10H,4,7,9H2,1-3H3,(H,20,21). The Morgan fingerprint density at radius 2 is 2.23 bits per heavy atom. The fourth-order valence-corrected chi connectivity index (χ4v) is 2.02. The Morgan fingerprint density at radius 3 is 2.82 bits per heavy atom. The van der Waals surface area contributed by atoms with E-state index < -0.39 is 5.97 Å². The van der Waals surface area contributed by atoms with Crippen LogP contribution in [0.2, 0.25) is 0 Å². The van der Waals surface area contributed by atoms with Crippen LogP contribution in [0.3, 0.4) is 0 Å². The molecule has 2 heterocycles. The minimum Gasteiger partial charge on any atom is -0.480 e. The van der Waals surface area contributed by atoms with E-state index in [0.717, 1.165) is 12.0 Å².